The highest BCUT2D eigenvalue weighted by Crippen LogP contribution is 2.23. The van der Waals surface area contributed by atoms with Gasteiger partial charge in [0.1, 0.15) is 11.4 Å². The Hall–Kier alpha value is -2.50. The van der Waals surface area contributed by atoms with Crippen molar-refractivity contribution in [2.24, 2.45) is 0 Å². The first-order valence-electron chi connectivity index (χ1n) is 9.44. The molecule has 4 rings (SSSR count). The van der Waals surface area contributed by atoms with Crippen LogP contribution in [-0.4, -0.2) is 42.2 Å². The van der Waals surface area contributed by atoms with E-state index >= 15 is 0 Å². The molecule has 0 saturated carbocycles. The molecule has 1 saturated heterocycles. The van der Waals surface area contributed by atoms with Crippen LogP contribution in [0.4, 0.5) is 0 Å². The third-order valence-electron chi connectivity index (χ3n) is 5.06. The summed E-state index contributed by atoms with van der Waals surface area (Å²) in [7, 11) is 1.64. The maximum absolute atomic E-state index is 13.3. The molecular weight excluding hydrogens is 376 g/mol. The van der Waals surface area contributed by atoms with Crippen LogP contribution in [0.25, 0.3) is 10.9 Å². The summed E-state index contributed by atoms with van der Waals surface area (Å²) in [5, 5.41) is 1.60. The van der Waals surface area contributed by atoms with Crippen molar-refractivity contribution in [1.82, 2.24) is 9.88 Å². The van der Waals surface area contributed by atoms with Crippen molar-refractivity contribution in [2.45, 2.75) is 25.5 Å². The predicted molar refractivity (Wildman–Crippen MR) is 110 cm³/mol. The standard InChI is InChI=1S/C22H23ClN2O3/c1-27-18-5-2-4-15(10-18)13-25(14-19-6-3-9-28-19)22(26)21-11-16-7-8-17(23)12-20(16)24-21/h2,4-5,7-8,10-12,19,24H,3,6,9,13-14H2,1H3. The highest BCUT2D eigenvalue weighted by molar-refractivity contribution is 6.31. The first-order valence-corrected chi connectivity index (χ1v) is 9.82. The number of aromatic amines is 1. The van der Waals surface area contributed by atoms with Crippen molar-refractivity contribution in [2.75, 3.05) is 20.3 Å². The Bertz CT molecular complexity index is 979. The maximum Gasteiger partial charge on any atom is 0.270 e. The van der Waals surface area contributed by atoms with E-state index < -0.39 is 0 Å². The zero-order valence-electron chi connectivity index (χ0n) is 15.8. The number of ether oxygens (including phenoxy) is 2. The number of fused-ring (bicyclic) bond motifs is 1. The van der Waals surface area contributed by atoms with Gasteiger partial charge < -0.3 is 19.4 Å². The number of aromatic nitrogens is 1. The third-order valence-corrected chi connectivity index (χ3v) is 5.29. The van der Waals surface area contributed by atoms with E-state index in [1.54, 1.807) is 7.11 Å². The van der Waals surface area contributed by atoms with Crippen LogP contribution in [0.5, 0.6) is 5.75 Å². The minimum atomic E-state index is -0.0503. The highest BCUT2D eigenvalue weighted by Gasteiger charge is 2.25. The monoisotopic (exact) mass is 398 g/mol. The quantitative estimate of drug-likeness (QED) is 0.657. The van der Waals surface area contributed by atoms with Gasteiger partial charge in [-0.05, 0) is 48.7 Å². The zero-order valence-corrected chi connectivity index (χ0v) is 16.5. The molecule has 0 radical (unpaired) electrons. The van der Waals surface area contributed by atoms with Crippen LogP contribution in [0.3, 0.4) is 0 Å². The van der Waals surface area contributed by atoms with Crippen molar-refractivity contribution >= 4 is 28.4 Å². The third kappa shape index (κ3) is 4.16. The Labute approximate surface area is 169 Å². The Kier molecular flexibility index (Phi) is 5.55. The number of hydrogen-bond donors (Lipinski definition) is 1. The van der Waals surface area contributed by atoms with Crippen LogP contribution in [0, 0.1) is 0 Å². The van der Waals surface area contributed by atoms with E-state index in [1.807, 2.05) is 53.4 Å². The molecule has 3 aromatic rings. The topological polar surface area (TPSA) is 54.6 Å². The largest absolute Gasteiger partial charge is 0.497 e. The van der Waals surface area contributed by atoms with Gasteiger partial charge in [-0.3, -0.25) is 4.79 Å². The lowest BCUT2D eigenvalue weighted by Crippen LogP contribution is -2.37. The molecule has 1 N–H and O–H groups in total. The van der Waals surface area contributed by atoms with Crippen molar-refractivity contribution in [3.8, 4) is 5.75 Å². The second-order valence-corrected chi connectivity index (χ2v) is 7.52. The number of methoxy groups -OCH3 is 1. The number of hydrogen-bond acceptors (Lipinski definition) is 3. The molecule has 28 heavy (non-hydrogen) atoms. The molecule has 146 valence electrons. The average Bonchev–Trinajstić information content (AvgIpc) is 3.36. The first-order chi connectivity index (χ1) is 13.6. The summed E-state index contributed by atoms with van der Waals surface area (Å²) in [6.07, 6.45) is 2.09. The van der Waals surface area contributed by atoms with Gasteiger partial charge in [-0.1, -0.05) is 29.8 Å². The van der Waals surface area contributed by atoms with E-state index in [-0.39, 0.29) is 12.0 Å². The number of nitrogens with zero attached hydrogens (tertiary/aromatic N) is 1. The van der Waals surface area contributed by atoms with Crippen LogP contribution in [0.15, 0.2) is 48.5 Å². The molecule has 0 bridgehead atoms. The van der Waals surface area contributed by atoms with E-state index in [0.29, 0.717) is 23.8 Å². The van der Waals surface area contributed by atoms with Crippen molar-refractivity contribution in [3.05, 3.63) is 64.8 Å². The number of H-pyrrole nitrogens is 1. The van der Waals surface area contributed by atoms with Crippen LogP contribution >= 0.6 is 11.6 Å². The van der Waals surface area contributed by atoms with E-state index in [0.717, 1.165) is 41.7 Å². The molecular formula is C22H23ClN2O3. The lowest BCUT2D eigenvalue weighted by atomic mass is 10.1. The van der Waals surface area contributed by atoms with Gasteiger partial charge >= 0.3 is 0 Å². The molecule has 1 unspecified atom stereocenters. The summed E-state index contributed by atoms with van der Waals surface area (Å²) in [6.45, 7) is 1.81. The summed E-state index contributed by atoms with van der Waals surface area (Å²) >= 11 is 6.08. The molecule has 1 aliphatic rings. The summed E-state index contributed by atoms with van der Waals surface area (Å²) < 4.78 is 11.1. The Morgan fingerprint density at radius 3 is 2.96 bits per heavy atom. The van der Waals surface area contributed by atoms with Gasteiger partial charge in [0.2, 0.25) is 0 Å². The molecule has 1 atom stereocenters. The van der Waals surface area contributed by atoms with Crippen LogP contribution in [-0.2, 0) is 11.3 Å². The second kappa shape index (κ2) is 8.25. The lowest BCUT2D eigenvalue weighted by Gasteiger charge is -2.25. The Morgan fingerprint density at radius 2 is 2.18 bits per heavy atom. The molecule has 2 aromatic carbocycles. The van der Waals surface area contributed by atoms with Crippen LogP contribution in [0.2, 0.25) is 5.02 Å². The molecule has 6 heteroatoms. The summed E-state index contributed by atoms with van der Waals surface area (Å²) in [5.74, 6) is 0.730. The summed E-state index contributed by atoms with van der Waals surface area (Å²) in [4.78, 5) is 18.4. The number of rotatable bonds is 6. The Morgan fingerprint density at radius 1 is 1.29 bits per heavy atom. The molecule has 1 amide bonds. The van der Waals surface area contributed by atoms with Gasteiger partial charge in [0.15, 0.2) is 0 Å². The highest BCUT2D eigenvalue weighted by atomic mass is 35.5. The smallest absolute Gasteiger partial charge is 0.270 e. The van der Waals surface area contributed by atoms with Gasteiger partial charge in [-0.25, -0.2) is 0 Å². The van der Waals surface area contributed by atoms with Crippen molar-refractivity contribution < 1.29 is 14.3 Å². The average molecular weight is 399 g/mol. The number of amides is 1. The zero-order chi connectivity index (χ0) is 19.5. The van der Waals surface area contributed by atoms with Gasteiger partial charge in [-0.2, -0.15) is 0 Å². The fourth-order valence-corrected chi connectivity index (χ4v) is 3.80. The fourth-order valence-electron chi connectivity index (χ4n) is 3.63. The number of carbonyl (C=O) groups excluding carboxylic acids is 1. The van der Waals surface area contributed by atoms with Crippen LogP contribution < -0.4 is 4.74 Å². The SMILES string of the molecule is COc1cccc(CN(CC2CCCO2)C(=O)c2cc3ccc(Cl)cc3[nH]2)c1. The van der Waals surface area contributed by atoms with E-state index in [2.05, 4.69) is 4.98 Å². The van der Waals surface area contributed by atoms with E-state index in [1.165, 1.54) is 0 Å². The molecule has 0 spiro atoms. The predicted octanol–water partition coefficient (Wildman–Crippen LogP) is 4.65. The molecule has 1 aromatic heterocycles. The molecule has 0 aliphatic carbocycles. The minimum absolute atomic E-state index is 0.0503. The van der Waals surface area contributed by atoms with E-state index in [9.17, 15) is 4.79 Å². The van der Waals surface area contributed by atoms with Gasteiger partial charge in [-0.15, -0.1) is 0 Å². The number of carbonyl (C=O) groups is 1. The van der Waals surface area contributed by atoms with Gasteiger partial charge in [0, 0.05) is 35.6 Å². The van der Waals surface area contributed by atoms with Crippen molar-refractivity contribution in [1.29, 1.82) is 0 Å². The minimum Gasteiger partial charge on any atom is -0.497 e. The molecule has 2 heterocycles. The lowest BCUT2D eigenvalue weighted by molar-refractivity contribution is 0.0503. The Balaban J connectivity index is 1.61. The molecule has 5 nitrogen and oxygen atoms in total. The number of halogens is 1. The van der Waals surface area contributed by atoms with Gasteiger partial charge in [0.05, 0.1) is 13.2 Å². The second-order valence-electron chi connectivity index (χ2n) is 7.09. The van der Waals surface area contributed by atoms with E-state index in [4.69, 9.17) is 21.1 Å². The number of benzene rings is 2. The maximum atomic E-state index is 13.3. The summed E-state index contributed by atoms with van der Waals surface area (Å²) in [6, 6.07) is 15.3. The normalized spacial score (nSPS) is 16.4. The van der Waals surface area contributed by atoms with Crippen LogP contribution in [0.1, 0.15) is 28.9 Å². The van der Waals surface area contributed by atoms with Crippen molar-refractivity contribution in [3.63, 3.8) is 0 Å². The first kappa shape index (κ1) is 18.8. The molecule has 1 fully saturated rings. The molecule has 1 aliphatic heterocycles. The van der Waals surface area contributed by atoms with Gasteiger partial charge in [0.25, 0.3) is 5.91 Å². The fraction of sp³-hybridized carbons (Fsp3) is 0.318. The number of nitrogens with one attached hydrogen (secondary N) is 1. The summed E-state index contributed by atoms with van der Waals surface area (Å²) in [5.41, 5.74) is 2.43.